The molecule has 0 atom stereocenters. The van der Waals surface area contributed by atoms with Gasteiger partial charge in [0.05, 0.1) is 6.54 Å². The van der Waals surface area contributed by atoms with E-state index in [0.717, 1.165) is 25.4 Å². The van der Waals surface area contributed by atoms with Crippen LogP contribution in [0.4, 0.5) is 0 Å². The maximum Gasteiger partial charge on any atom is 0.236 e. The summed E-state index contributed by atoms with van der Waals surface area (Å²) in [7, 11) is 1.90. The number of nitrogens with zero attached hydrogens (tertiary/aromatic N) is 1. The molecule has 0 aromatic heterocycles. The molecule has 0 aliphatic heterocycles. The van der Waals surface area contributed by atoms with Crippen LogP contribution in [0.1, 0.15) is 18.4 Å². The molecule has 2 aromatic rings. The molecule has 1 N–H and O–H groups in total. The van der Waals surface area contributed by atoms with Crippen molar-refractivity contribution in [3.63, 3.8) is 0 Å². The van der Waals surface area contributed by atoms with Gasteiger partial charge in [-0.25, -0.2) is 0 Å². The van der Waals surface area contributed by atoms with E-state index in [4.69, 9.17) is 0 Å². The normalized spacial score (nSPS) is 14.2. The summed E-state index contributed by atoms with van der Waals surface area (Å²) in [6.07, 6.45) is 3.53. The Morgan fingerprint density at radius 1 is 1.18 bits per heavy atom. The summed E-state index contributed by atoms with van der Waals surface area (Å²) < 4.78 is 0. The number of hydrogen-bond acceptors (Lipinski definition) is 2. The van der Waals surface area contributed by atoms with Crippen LogP contribution < -0.4 is 5.32 Å². The van der Waals surface area contributed by atoms with Crippen LogP contribution in [0.25, 0.3) is 10.8 Å². The highest BCUT2D eigenvalue weighted by Crippen LogP contribution is 2.27. The Balaban J connectivity index is 1.52. The molecule has 22 heavy (non-hydrogen) atoms. The van der Waals surface area contributed by atoms with Gasteiger partial charge in [0.15, 0.2) is 0 Å². The number of amides is 1. The Hall–Kier alpha value is -1.87. The molecule has 1 aliphatic rings. The quantitative estimate of drug-likeness (QED) is 0.852. The minimum absolute atomic E-state index is 0.181. The molecule has 1 amide bonds. The smallest absolute Gasteiger partial charge is 0.236 e. The Kier molecular flexibility index (Phi) is 4.74. The van der Waals surface area contributed by atoms with Crippen molar-refractivity contribution in [3.8, 4) is 0 Å². The monoisotopic (exact) mass is 296 g/mol. The first-order valence-electron chi connectivity index (χ1n) is 8.15. The van der Waals surface area contributed by atoms with Gasteiger partial charge in [0.25, 0.3) is 0 Å². The Morgan fingerprint density at radius 2 is 1.95 bits per heavy atom. The summed E-state index contributed by atoms with van der Waals surface area (Å²) >= 11 is 0. The summed E-state index contributed by atoms with van der Waals surface area (Å²) in [5.41, 5.74) is 1.31. The van der Waals surface area contributed by atoms with Crippen molar-refractivity contribution in [3.05, 3.63) is 48.0 Å². The molecule has 0 spiro atoms. The number of rotatable bonds is 7. The fraction of sp³-hybridized carbons (Fsp3) is 0.421. The van der Waals surface area contributed by atoms with Crippen molar-refractivity contribution in [1.82, 2.24) is 10.2 Å². The van der Waals surface area contributed by atoms with Crippen LogP contribution >= 0.6 is 0 Å². The van der Waals surface area contributed by atoms with Crippen molar-refractivity contribution in [2.75, 3.05) is 26.7 Å². The van der Waals surface area contributed by atoms with E-state index in [1.165, 1.54) is 29.2 Å². The highest BCUT2D eigenvalue weighted by Gasteiger charge is 2.21. The van der Waals surface area contributed by atoms with Crippen LogP contribution in [0.5, 0.6) is 0 Å². The topological polar surface area (TPSA) is 32.3 Å². The highest BCUT2D eigenvalue weighted by molar-refractivity contribution is 5.85. The zero-order valence-electron chi connectivity index (χ0n) is 13.2. The third-order valence-corrected chi connectivity index (χ3v) is 4.43. The Labute approximate surface area is 132 Å². The molecule has 0 saturated heterocycles. The maximum atomic E-state index is 12.1. The number of hydrogen-bond donors (Lipinski definition) is 1. The van der Waals surface area contributed by atoms with E-state index in [1.54, 1.807) is 0 Å². The predicted octanol–water partition coefficient (Wildman–Crippen LogP) is 2.84. The molecule has 0 heterocycles. The largest absolute Gasteiger partial charge is 0.344 e. The van der Waals surface area contributed by atoms with E-state index in [0.29, 0.717) is 6.54 Å². The van der Waals surface area contributed by atoms with Crippen molar-refractivity contribution in [2.45, 2.75) is 19.3 Å². The fourth-order valence-electron chi connectivity index (χ4n) is 2.76. The summed E-state index contributed by atoms with van der Waals surface area (Å²) in [6, 6.07) is 14.8. The number of nitrogens with one attached hydrogen (secondary N) is 1. The molecular formula is C19H24N2O. The number of benzene rings is 2. The Morgan fingerprint density at radius 3 is 2.77 bits per heavy atom. The second-order valence-corrected chi connectivity index (χ2v) is 6.28. The predicted molar refractivity (Wildman–Crippen MR) is 90.9 cm³/mol. The molecule has 0 unspecified atom stereocenters. The van der Waals surface area contributed by atoms with Gasteiger partial charge in [0.1, 0.15) is 0 Å². The van der Waals surface area contributed by atoms with Crippen LogP contribution in [0, 0.1) is 5.92 Å². The average Bonchev–Trinajstić information content (AvgIpc) is 3.36. The van der Waals surface area contributed by atoms with Crippen LogP contribution in [-0.2, 0) is 11.2 Å². The first-order chi connectivity index (χ1) is 10.7. The van der Waals surface area contributed by atoms with Crippen molar-refractivity contribution < 1.29 is 4.79 Å². The lowest BCUT2D eigenvalue weighted by Crippen LogP contribution is -2.37. The molecule has 1 aliphatic carbocycles. The summed E-state index contributed by atoms with van der Waals surface area (Å²) in [5, 5.41) is 5.82. The van der Waals surface area contributed by atoms with Gasteiger partial charge in [-0.3, -0.25) is 4.79 Å². The second kappa shape index (κ2) is 6.93. The second-order valence-electron chi connectivity index (χ2n) is 6.28. The highest BCUT2D eigenvalue weighted by atomic mass is 16.2. The van der Waals surface area contributed by atoms with E-state index < -0.39 is 0 Å². The van der Waals surface area contributed by atoms with Gasteiger partial charge in [0.2, 0.25) is 5.91 Å². The molecule has 3 rings (SSSR count). The minimum atomic E-state index is 0.181. The third-order valence-electron chi connectivity index (χ3n) is 4.43. The first-order valence-corrected chi connectivity index (χ1v) is 8.15. The maximum absolute atomic E-state index is 12.1. The lowest BCUT2D eigenvalue weighted by atomic mass is 10.0. The molecule has 3 nitrogen and oxygen atoms in total. The summed E-state index contributed by atoms with van der Waals surface area (Å²) in [6.45, 7) is 2.21. The minimum Gasteiger partial charge on any atom is -0.344 e. The summed E-state index contributed by atoms with van der Waals surface area (Å²) in [5.74, 6) is 0.995. The van der Waals surface area contributed by atoms with Crippen molar-refractivity contribution in [1.29, 1.82) is 0 Å². The fourth-order valence-corrected chi connectivity index (χ4v) is 2.76. The van der Waals surface area contributed by atoms with Gasteiger partial charge in [-0.05, 0) is 48.1 Å². The van der Waals surface area contributed by atoms with E-state index in [2.05, 4.69) is 47.8 Å². The van der Waals surface area contributed by atoms with E-state index >= 15 is 0 Å². The molecule has 2 aromatic carbocycles. The molecule has 116 valence electrons. The number of carbonyl (C=O) groups is 1. The number of carbonyl (C=O) groups excluding carboxylic acids is 1. The zero-order chi connectivity index (χ0) is 15.4. The van der Waals surface area contributed by atoms with Crippen molar-refractivity contribution >= 4 is 16.7 Å². The SMILES string of the molecule is CN(CCc1cccc2ccccc12)C(=O)CNCC1CC1. The number of fused-ring (bicyclic) bond motifs is 1. The van der Waals surface area contributed by atoms with E-state index in [9.17, 15) is 4.79 Å². The molecule has 1 saturated carbocycles. The van der Waals surface area contributed by atoms with Crippen molar-refractivity contribution in [2.24, 2.45) is 5.92 Å². The van der Waals surface area contributed by atoms with Gasteiger partial charge < -0.3 is 10.2 Å². The lowest BCUT2D eigenvalue weighted by molar-refractivity contribution is -0.128. The van der Waals surface area contributed by atoms with Crippen LogP contribution in [0.2, 0.25) is 0 Å². The van der Waals surface area contributed by atoms with E-state index in [-0.39, 0.29) is 5.91 Å². The van der Waals surface area contributed by atoms with Gasteiger partial charge in [-0.2, -0.15) is 0 Å². The Bertz CT molecular complexity index is 643. The molecule has 3 heteroatoms. The molecular weight excluding hydrogens is 272 g/mol. The van der Waals surface area contributed by atoms with Gasteiger partial charge in [0, 0.05) is 13.6 Å². The van der Waals surface area contributed by atoms with Gasteiger partial charge in [-0.15, -0.1) is 0 Å². The lowest BCUT2D eigenvalue weighted by Gasteiger charge is -2.18. The number of likely N-dealkylation sites (N-methyl/N-ethyl adjacent to an activating group) is 1. The molecule has 0 bridgehead atoms. The third kappa shape index (κ3) is 3.86. The van der Waals surface area contributed by atoms with Crippen LogP contribution in [-0.4, -0.2) is 37.5 Å². The van der Waals surface area contributed by atoms with Gasteiger partial charge in [-0.1, -0.05) is 42.5 Å². The van der Waals surface area contributed by atoms with Crippen LogP contribution in [0.15, 0.2) is 42.5 Å². The van der Waals surface area contributed by atoms with Gasteiger partial charge >= 0.3 is 0 Å². The summed E-state index contributed by atoms with van der Waals surface area (Å²) in [4.78, 5) is 13.9. The first kappa shape index (κ1) is 15.0. The molecule has 1 fully saturated rings. The van der Waals surface area contributed by atoms with E-state index in [1.807, 2.05) is 11.9 Å². The van der Waals surface area contributed by atoms with Crippen LogP contribution in [0.3, 0.4) is 0 Å². The standard InChI is InChI=1S/C19H24N2O/c1-21(19(22)14-20-13-15-9-10-15)12-11-17-7-4-6-16-5-2-3-8-18(16)17/h2-8,15,20H,9-14H2,1H3. The zero-order valence-corrected chi connectivity index (χ0v) is 13.2. The average molecular weight is 296 g/mol. The molecule has 0 radical (unpaired) electrons.